The number of ketones is 1. The average Bonchev–Trinajstić information content (AvgIpc) is 2.69. The van der Waals surface area contributed by atoms with Gasteiger partial charge in [0.1, 0.15) is 11.6 Å². The molecule has 130 valence electrons. The van der Waals surface area contributed by atoms with E-state index in [-0.39, 0.29) is 5.78 Å². The van der Waals surface area contributed by atoms with Crippen molar-refractivity contribution in [2.75, 3.05) is 23.9 Å². The number of ether oxygens (including phenoxy) is 1. The highest BCUT2D eigenvalue weighted by Crippen LogP contribution is 2.34. The van der Waals surface area contributed by atoms with Crippen LogP contribution in [0.4, 0.5) is 23.3 Å². The van der Waals surface area contributed by atoms with Gasteiger partial charge in [-0.25, -0.2) is 4.98 Å². The average molecular weight is 348 g/mol. The maximum atomic E-state index is 12.3. The van der Waals surface area contributed by atoms with E-state index in [1.807, 2.05) is 23.1 Å². The van der Waals surface area contributed by atoms with Crippen molar-refractivity contribution in [1.82, 2.24) is 20.2 Å². The molecule has 0 aliphatic carbocycles. The van der Waals surface area contributed by atoms with E-state index in [2.05, 4.69) is 25.5 Å². The number of anilines is 4. The van der Waals surface area contributed by atoms with Gasteiger partial charge in [-0.15, -0.1) is 5.10 Å². The molecule has 1 aliphatic heterocycles. The Morgan fingerprint density at radius 2 is 2.12 bits per heavy atom. The van der Waals surface area contributed by atoms with Gasteiger partial charge in [-0.1, -0.05) is 0 Å². The van der Waals surface area contributed by atoms with Crippen LogP contribution >= 0.6 is 0 Å². The van der Waals surface area contributed by atoms with Crippen molar-refractivity contribution in [1.29, 1.82) is 0 Å². The standard InChI is InChI=1S/C18H16N6O2/c1-26-12-4-5-14-13(11-12)15(25)7-10-24(14)17-6-9-19-18(22-17)21-16-3-2-8-20-23-16/h2-6,8-9,11H,7,10H2,1H3,(H,19,21,22,23). The Hall–Kier alpha value is -3.55. The maximum absolute atomic E-state index is 12.3. The number of carbonyl (C=O) groups excluding carboxylic acids is 1. The third-order valence-corrected chi connectivity index (χ3v) is 4.09. The molecule has 0 fully saturated rings. The van der Waals surface area contributed by atoms with Crippen LogP contribution in [-0.2, 0) is 0 Å². The fraction of sp³-hybridized carbons (Fsp3) is 0.167. The number of methoxy groups -OCH3 is 1. The van der Waals surface area contributed by atoms with Crippen molar-refractivity contribution in [3.05, 3.63) is 54.4 Å². The van der Waals surface area contributed by atoms with Gasteiger partial charge in [0, 0.05) is 30.9 Å². The molecule has 3 heterocycles. The van der Waals surface area contributed by atoms with Crippen LogP contribution in [0.5, 0.6) is 5.75 Å². The van der Waals surface area contributed by atoms with E-state index in [9.17, 15) is 4.79 Å². The van der Waals surface area contributed by atoms with Gasteiger partial charge >= 0.3 is 0 Å². The van der Waals surface area contributed by atoms with Crippen LogP contribution in [0.1, 0.15) is 16.8 Å². The summed E-state index contributed by atoms with van der Waals surface area (Å²) < 4.78 is 5.24. The van der Waals surface area contributed by atoms with Crippen molar-refractivity contribution >= 4 is 29.1 Å². The summed E-state index contributed by atoms with van der Waals surface area (Å²) in [5, 5.41) is 10.8. The van der Waals surface area contributed by atoms with E-state index in [1.165, 1.54) is 0 Å². The molecule has 1 aliphatic rings. The van der Waals surface area contributed by atoms with Crippen molar-refractivity contribution in [2.24, 2.45) is 0 Å². The third kappa shape index (κ3) is 3.04. The van der Waals surface area contributed by atoms with E-state index in [0.717, 1.165) is 5.69 Å². The second-order valence-electron chi connectivity index (χ2n) is 5.68. The first-order valence-corrected chi connectivity index (χ1v) is 8.11. The summed E-state index contributed by atoms with van der Waals surface area (Å²) in [7, 11) is 1.58. The van der Waals surface area contributed by atoms with Crippen molar-refractivity contribution in [2.45, 2.75) is 6.42 Å². The lowest BCUT2D eigenvalue weighted by Crippen LogP contribution is -2.28. The number of fused-ring (bicyclic) bond motifs is 1. The molecule has 0 unspecified atom stereocenters. The van der Waals surface area contributed by atoms with Crippen LogP contribution in [0.25, 0.3) is 0 Å². The smallest absolute Gasteiger partial charge is 0.230 e. The minimum Gasteiger partial charge on any atom is -0.497 e. The Kier molecular flexibility index (Phi) is 4.14. The van der Waals surface area contributed by atoms with E-state index >= 15 is 0 Å². The molecule has 2 aromatic heterocycles. The summed E-state index contributed by atoms with van der Waals surface area (Å²) in [5.41, 5.74) is 1.45. The number of hydrogen-bond acceptors (Lipinski definition) is 8. The molecular formula is C18H16N6O2. The highest BCUT2D eigenvalue weighted by Gasteiger charge is 2.25. The summed E-state index contributed by atoms with van der Waals surface area (Å²) >= 11 is 0. The fourth-order valence-corrected chi connectivity index (χ4v) is 2.85. The molecule has 0 saturated heterocycles. The number of nitrogens with zero attached hydrogens (tertiary/aromatic N) is 5. The molecule has 0 saturated carbocycles. The predicted molar refractivity (Wildman–Crippen MR) is 96.3 cm³/mol. The molecule has 0 amide bonds. The zero-order chi connectivity index (χ0) is 17.9. The number of rotatable bonds is 4. The van der Waals surface area contributed by atoms with Crippen LogP contribution in [0.15, 0.2) is 48.8 Å². The highest BCUT2D eigenvalue weighted by molar-refractivity contribution is 6.04. The summed E-state index contributed by atoms with van der Waals surface area (Å²) in [6, 6.07) is 10.9. The zero-order valence-electron chi connectivity index (χ0n) is 14.1. The molecule has 1 aromatic carbocycles. The Morgan fingerprint density at radius 3 is 2.92 bits per heavy atom. The van der Waals surface area contributed by atoms with Gasteiger partial charge < -0.3 is 15.0 Å². The number of carbonyl (C=O) groups is 1. The molecule has 3 aromatic rings. The molecule has 8 nitrogen and oxygen atoms in total. The molecule has 26 heavy (non-hydrogen) atoms. The summed E-state index contributed by atoms with van der Waals surface area (Å²) in [6.07, 6.45) is 3.68. The van der Waals surface area contributed by atoms with E-state index in [0.29, 0.717) is 41.9 Å². The molecule has 8 heteroatoms. The van der Waals surface area contributed by atoms with E-state index in [1.54, 1.807) is 37.7 Å². The number of nitrogens with one attached hydrogen (secondary N) is 1. The van der Waals surface area contributed by atoms with Crippen LogP contribution in [0.3, 0.4) is 0 Å². The normalized spacial score (nSPS) is 13.3. The van der Waals surface area contributed by atoms with Crippen molar-refractivity contribution in [3.8, 4) is 5.75 Å². The highest BCUT2D eigenvalue weighted by atomic mass is 16.5. The lowest BCUT2D eigenvalue weighted by molar-refractivity contribution is 0.0981. The van der Waals surface area contributed by atoms with Crippen molar-refractivity contribution < 1.29 is 9.53 Å². The van der Waals surface area contributed by atoms with Gasteiger partial charge in [0.25, 0.3) is 0 Å². The SMILES string of the molecule is COc1ccc2c(c1)C(=O)CCN2c1ccnc(Nc2cccnn2)n1. The lowest BCUT2D eigenvalue weighted by Gasteiger charge is -2.29. The maximum Gasteiger partial charge on any atom is 0.230 e. The molecule has 1 N–H and O–H groups in total. The van der Waals surface area contributed by atoms with Crippen LogP contribution in [0, 0.1) is 0 Å². The Bertz CT molecular complexity index is 947. The predicted octanol–water partition coefficient (Wildman–Crippen LogP) is 2.74. The van der Waals surface area contributed by atoms with E-state index < -0.39 is 0 Å². The first-order chi connectivity index (χ1) is 12.7. The molecule has 0 radical (unpaired) electrons. The largest absolute Gasteiger partial charge is 0.497 e. The fourth-order valence-electron chi connectivity index (χ4n) is 2.85. The van der Waals surface area contributed by atoms with Crippen molar-refractivity contribution in [3.63, 3.8) is 0 Å². The van der Waals surface area contributed by atoms with Gasteiger partial charge in [-0.3, -0.25) is 4.79 Å². The number of hydrogen-bond donors (Lipinski definition) is 1. The summed E-state index contributed by atoms with van der Waals surface area (Å²) in [5.74, 6) is 2.43. The minimum atomic E-state index is 0.0992. The second kappa shape index (κ2) is 6.75. The van der Waals surface area contributed by atoms with Gasteiger partial charge in [-0.05, 0) is 36.4 Å². The van der Waals surface area contributed by atoms with Crippen LogP contribution < -0.4 is 15.0 Å². The minimum absolute atomic E-state index is 0.0992. The van der Waals surface area contributed by atoms with Gasteiger partial charge in [0.2, 0.25) is 5.95 Å². The number of benzene rings is 1. The summed E-state index contributed by atoms with van der Waals surface area (Å²) in [6.45, 7) is 0.555. The zero-order valence-corrected chi connectivity index (χ0v) is 14.1. The van der Waals surface area contributed by atoms with Crippen LogP contribution in [-0.4, -0.2) is 39.6 Å². The Morgan fingerprint density at radius 1 is 1.19 bits per heavy atom. The molecule has 0 spiro atoms. The first kappa shape index (κ1) is 15.9. The van der Waals surface area contributed by atoms with Gasteiger partial charge in [0.05, 0.1) is 12.8 Å². The number of Topliss-reactive ketones (excluding diaryl/α,β-unsaturated/α-hetero) is 1. The summed E-state index contributed by atoms with van der Waals surface area (Å²) in [4.78, 5) is 23.1. The van der Waals surface area contributed by atoms with Crippen LogP contribution in [0.2, 0.25) is 0 Å². The molecular weight excluding hydrogens is 332 g/mol. The Balaban J connectivity index is 1.67. The first-order valence-electron chi connectivity index (χ1n) is 8.11. The van der Waals surface area contributed by atoms with Gasteiger partial charge in [-0.2, -0.15) is 10.1 Å². The quantitative estimate of drug-likeness (QED) is 0.769. The number of aromatic nitrogens is 4. The molecule has 4 rings (SSSR count). The monoisotopic (exact) mass is 348 g/mol. The molecule has 0 atom stereocenters. The van der Waals surface area contributed by atoms with E-state index in [4.69, 9.17) is 4.74 Å². The second-order valence-corrected chi connectivity index (χ2v) is 5.68. The Labute approximate surface area is 149 Å². The molecule has 0 bridgehead atoms. The lowest BCUT2D eigenvalue weighted by atomic mass is 10.00. The topological polar surface area (TPSA) is 93.1 Å². The van der Waals surface area contributed by atoms with Gasteiger partial charge in [0.15, 0.2) is 11.6 Å². The third-order valence-electron chi connectivity index (χ3n) is 4.09.